The second-order valence-corrected chi connectivity index (χ2v) is 6.74. The van der Waals surface area contributed by atoms with Gasteiger partial charge in [-0.1, -0.05) is 23.9 Å². The van der Waals surface area contributed by atoms with E-state index < -0.39 is 0 Å². The molecule has 130 valence electrons. The Morgan fingerprint density at radius 2 is 1.88 bits per heavy atom. The van der Waals surface area contributed by atoms with E-state index in [4.69, 9.17) is 9.47 Å². The number of rotatable bonds is 7. The lowest BCUT2D eigenvalue weighted by molar-refractivity contribution is 0.218. The molecule has 0 unspecified atom stereocenters. The molecule has 0 atom stereocenters. The van der Waals surface area contributed by atoms with Crippen molar-refractivity contribution in [3.63, 3.8) is 0 Å². The van der Waals surface area contributed by atoms with Crippen LogP contribution >= 0.6 is 11.8 Å². The quantitative estimate of drug-likeness (QED) is 0.566. The van der Waals surface area contributed by atoms with E-state index in [-0.39, 0.29) is 0 Å². The van der Waals surface area contributed by atoms with Crippen molar-refractivity contribution in [1.29, 1.82) is 0 Å². The Bertz CT molecular complexity index is 656. The van der Waals surface area contributed by atoms with Crippen molar-refractivity contribution >= 4 is 17.7 Å². The van der Waals surface area contributed by atoms with Crippen molar-refractivity contribution in [2.75, 3.05) is 44.6 Å². The third-order valence-corrected chi connectivity index (χ3v) is 4.99. The Labute approximate surface area is 147 Å². The first-order valence-corrected chi connectivity index (χ1v) is 9.29. The number of thioether (sulfide) groups is 1. The van der Waals surface area contributed by atoms with Gasteiger partial charge in [-0.2, -0.15) is 0 Å². The number of ether oxygens (including phenoxy) is 2. The molecule has 1 aromatic heterocycles. The van der Waals surface area contributed by atoms with Crippen LogP contribution < -0.4 is 9.64 Å². The molecule has 0 N–H and O–H groups in total. The van der Waals surface area contributed by atoms with E-state index in [1.165, 1.54) is 19.3 Å². The average molecular weight is 348 g/mol. The summed E-state index contributed by atoms with van der Waals surface area (Å²) in [6.07, 6.45) is 3.69. The van der Waals surface area contributed by atoms with Crippen LogP contribution in [0.4, 0.5) is 5.95 Å². The SMILES string of the molecule is COCCSc1nnc(N2CCCCC2)n1-c1ccccc1OC. The van der Waals surface area contributed by atoms with E-state index in [9.17, 15) is 0 Å². The lowest BCUT2D eigenvalue weighted by Crippen LogP contribution is -2.31. The highest BCUT2D eigenvalue weighted by Gasteiger charge is 2.23. The molecule has 1 fully saturated rings. The van der Waals surface area contributed by atoms with Gasteiger partial charge in [0.15, 0.2) is 5.16 Å². The molecular formula is C17H24N4O2S. The second-order valence-electron chi connectivity index (χ2n) is 5.68. The van der Waals surface area contributed by atoms with Crippen LogP contribution in [0.3, 0.4) is 0 Å². The maximum Gasteiger partial charge on any atom is 0.232 e. The highest BCUT2D eigenvalue weighted by molar-refractivity contribution is 7.99. The number of benzene rings is 1. The van der Waals surface area contributed by atoms with Gasteiger partial charge < -0.3 is 14.4 Å². The van der Waals surface area contributed by atoms with Crippen LogP contribution in [-0.4, -0.2) is 54.4 Å². The summed E-state index contributed by atoms with van der Waals surface area (Å²) >= 11 is 1.65. The second kappa shape index (κ2) is 8.39. The van der Waals surface area contributed by atoms with Crippen molar-refractivity contribution in [2.45, 2.75) is 24.4 Å². The minimum Gasteiger partial charge on any atom is -0.495 e. The highest BCUT2D eigenvalue weighted by Crippen LogP contribution is 2.32. The van der Waals surface area contributed by atoms with Crippen LogP contribution in [0, 0.1) is 0 Å². The van der Waals surface area contributed by atoms with Gasteiger partial charge in [0.25, 0.3) is 0 Å². The zero-order valence-corrected chi connectivity index (χ0v) is 15.1. The fourth-order valence-electron chi connectivity index (χ4n) is 2.90. The molecular weight excluding hydrogens is 324 g/mol. The molecule has 0 amide bonds. The summed E-state index contributed by atoms with van der Waals surface area (Å²) in [6, 6.07) is 8.02. The lowest BCUT2D eigenvalue weighted by Gasteiger charge is -2.28. The van der Waals surface area contributed by atoms with Crippen molar-refractivity contribution in [1.82, 2.24) is 14.8 Å². The first-order valence-electron chi connectivity index (χ1n) is 8.30. The molecule has 2 heterocycles. The topological polar surface area (TPSA) is 52.4 Å². The van der Waals surface area contributed by atoms with E-state index in [1.54, 1.807) is 26.0 Å². The number of anilines is 1. The fourth-order valence-corrected chi connectivity index (χ4v) is 3.74. The maximum absolute atomic E-state index is 5.56. The van der Waals surface area contributed by atoms with Crippen LogP contribution in [0.15, 0.2) is 29.4 Å². The number of para-hydroxylation sites is 2. The maximum atomic E-state index is 5.56. The highest BCUT2D eigenvalue weighted by atomic mass is 32.2. The van der Waals surface area contributed by atoms with E-state index >= 15 is 0 Å². The monoisotopic (exact) mass is 348 g/mol. The third kappa shape index (κ3) is 3.67. The van der Waals surface area contributed by atoms with Crippen LogP contribution in [0.2, 0.25) is 0 Å². The van der Waals surface area contributed by atoms with Crippen molar-refractivity contribution in [2.24, 2.45) is 0 Å². The van der Waals surface area contributed by atoms with Gasteiger partial charge in [0.05, 0.1) is 19.4 Å². The summed E-state index contributed by atoms with van der Waals surface area (Å²) in [4.78, 5) is 2.32. The molecule has 1 aliphatic rings. The number of methoxy groups -OCH3 is 2. The van der Waals surface area contributed by atoms with Crippen LogP contribution in [0.1, 0.15) is 19.3 Å². The zero-order valence-electron chi connectivity index (χ0n) is 14.3. The predicted molar refractivity (Wildman–Crippen MR) is 96.6 cm³/mol. The molecule has 24 heavy (non-hydrogen) atoms. The fraction of sp³-hybridized carbons (Fsp3) is 0.529. The van der Waals surface area contributed by atoms with E-state index in [2.05, 4.69) is 25.7 Å². The number of hydrogen-bond donors (Lipinski definition) is 0. The Hall–Kier alpha value is -1.73. The smallest absolute Gasteiger partial charge is 0.232 e. The van der Waals surface area contributed by atoms with Crippen molar-refractivity contribution < 1.29 is 9.47 Å². The van der Waals surface area contributed by atoms with Crippen molar-refractivity contribution in [3.8, 4) is 11.4 Å². The standard InChI is InChI=1S/C17H24N4O2S/c1-22-12-13-24-17-19-18-16(20-10-6-3-7-11-20)21(17)14-8-4-5-9-15(14)23-2/h4-5,8-9H,3,6-7,10-13H2,1-2H3. The lowest BCUT2D eigenvalue weighted by atomic mass is 10.1. The number of piperidine rings is 1. The Morgan fingerprint density at radius 3 is 2.62 bits per heavy atom. The van der Waals surface area contributed by atoms with Gasteiger partial charge in [-0.3, -0.25) is 4.57 Å². The van der Waals surface area contributed by atoms with Gasteiger partial charge in [-0.05, 0) is 31.4 Å². The van der Waals surface area contributed by atoms with Crippen LogP contribution in [0.25, 0.3) is 5.69 Å². The van der Waals surface area contributed by atoms with Crippen molar-refractivity contribution in [3.05, 3.63) is 24.3 Å². The van der Waals surface area contributed by atoms with Crippen LogP contribution in [-0.2, 0) is 4.74 Å². The molecule has 6 nitrogen and oxygen atoms in total. The van der Waals surface area contributed by atoms with Gasteiger partial charge in [0, 0.05) is 26.0 Å². The Morgan fingerprint density at radius 1 is 1.08 bits per heavy atom. The molecule has 1 saturated heterocycles. The third-order valence-electron chi connectivity index (χ3n) is 4.10. The molecule has 0 aliphatic carbocycles. The summed E-state index contributed by atoms with van der Waals surface area (Å²) in [5.41, 5.74) is 0.977. The van der Waals surface area contributed by atoms with Gasteiger partial charge in [-0.25, -0.2) is 0 Å². The van der Waals surface area contributed by atoms with Gasteiger partial charge in [0.2, 0.25) is 5.95 Å². The minimum absolute atomic E-state index is 0.683. The number of aromatic nitrogens is 3. The molecule has 3 rings (SSSR count). The van der Waals surface area contributed by atoms with Gasteiger partial charge in [-0.15, -0.1) is 10.2 Å². The Balaban J connectivity index is 2.00. The van der Waals surface area contributed by atoms with E-state index in [1.807, 2.05) is 18.2 Å². The molecule has 0 spiro atoms. The van der Waals surface area contributed by atoms with Gasteiger partial charge in [0.1, 0.15) is 5.75 Å². The summed E-state index contributed by atoms with van der Waals surface area (Å²) in [5, 5.41) is 9.80. The summed E-state index contributed by atoms with van der Waals surface area (Å²) in [7, 11) is 3.41. The van der Waals surface area contributed by atoms with Crippen LogP contribution in [0.5, 0.6) is 5.75 Å². The molecule has 0 saturated carbocycles. The summed E-state index contributed by atoms with van der Waals surface area (Å²) < 4.78 is 12.8. The molecule has 1 aromatic carbocycles. The first-order chi connectivity index (χ1) is 11.8. The average Bonchev–Trinajstić information content (AvgIpc) is 3.06. The Kier molecular flexibility index (Phi) is 5.98. The molecule has 0 bridgehead atoms. The molecule has 1 aliphatic heterocycles. The van der Waals surface area contributed by atoms with Gasteiger partial charge >= 0.3 is 0 Å². The molecule has 0 radical (unpaired) electrons. The first kappa shape index (κ1) is 17.1. The predicted octanol–water partition coefficient (Wildman–Crippen LogP) is 3.00. The molecule has 7 heteroatoms. The zero-order chi connectivity index (χ0) is 16.8. The summed E-state index contributed by atoms with van der Waals surface area (Å²) in [5.74, 6) is 2.56. The molecule has 2 aromatic rings. The largest absolute Gasteiger partial charge is 0.495 e. The van der Waals surface area contributed by atoms with E-state index in [0.717, 1.165) is 41.4 Å². The number of hydrogen-bond acceptors (Lipinski definition) is 6. The summed E-state index contributed by atoms with van der Waals surface area (Å²) in [6.45, 7) is 2.73. The minimum atomic E-state index is 0.683. The number of nitrogens with zero attached hydrogens (tertiary/aromatic N) is 4. The van der Waals surface area contributed by atoms with E-state index in [0.29, 0.717) is 6.61 Å². The normalized spacial score (nSPS) is 14.8.